The fourth-order valence-electron chi connectivity index (χ4n) is 2.28. The summed E-state index contributed by atoms with van der Waals surface area (Å²) in [7, 11) is 3.73. The van der Waals surface area contributed by atoms with Gasteiger partial charge in [-0.05, 0) is 29.0 Å². The van der Waals surface area contributed by atoms with Gasteiger partial charge in [-0.15, -0.1) is 0 Å². The highest BCUT2D eigenvalue weighted by Gasteiger charge is 2.18. The largest absolute Gasteiger partial charge is 0.339 e. The Balaban J connectivity index is 2.61. The number of nitrogens with zero attached hydrogens (tertiary/aromatic N) is 2. The van der Waals surface area contributed by atoms with Crippen LogP contribution < -0.4 is 9.57 Å². The van der Waals surface area contributed by atoms with Crippen molar-refractivity contribution < 1.29 is 9.57 Å². The molecule has 2 aromatic heterocycles. The molecule has 0 aliphatic rings. The molecule has 0 saturated heterocycles. The average molecular weight is 213 g/mol. The van der Waals surface area contributed by atoms with Crippen molar-refractivity contribution in [3.8, 4) is 0 Å². The predicted octanol–water partition coefficient (Wildman–Crippen LogP) is 1.68. The van der Waals surface area contributed by atoms with Crippen molar-refractivity contribution >= 4 is 21.9 Å². The molecule has 3 aromatic rings. The van der Waals surface area contributed by atoms with Gasteiger partial charge in [-0.2, -0.15) is 0 Å². The maximum absolute atomic E-state index is 5.33. The number of hydrogen-bond acceptors (Lipinski definition) is 1. The van der Waals surface area contributed by atoms with Crippen LogP contribution in [0.25, 0.3) is 21.9 Å². The first-order chi connectivity index (χ1) is 7.83. The normalized spacial score (nSPS) is 11.1. The van der Waals surface area contributed by atoms with Crippen LogP contribution in [0.3, 0.4) is 0 Å². The van der Waals surface area contributed by atoms with E-state index in [1.54, 1.807) is 11.8 Å². The third kappa shape index (κ3) is 1.05. The number of fused-ring (bicyclic) bond motifs is 3. The number of rotatable bonds is 1. The van der Waals surface area contributed by atoms with E-state index >= 15 is 0 Å². The molecule has 0 unspecified atom stereocenters. The van der Waals surface area contributed by atoms with Crippen molar-refractivity contribution in [2.45, 2.75) is 0 Å². The van der Waals surface area contributed by atoms with E-state index in [1.807, 2.05) is 12.3 Å². The molecule has 80 valence electrons. The summed E-state index contributed by atoms with van der Waals surface area (Å²) in [6.07, 6.45) is 1.92. The number of aromatic nitrogens is 2. The van der Waals surface area contributed by atoms with Gasteiger partial charge in [0.05, 0.1) is 12.4 Å². The van der Waals surface area contributed by atoms with Crippen LogP contribution in [0.2, 0.25) is 0 Å². The lowest BCUT2D eigenvalue weighted by Gasteiger charge is -1.97. The lowest BCUT2D eigenvalue weighted by Crippen LogP contribution is -2.41. The molecule has 0 N–H and O–H groups in total. The van der Waals surface area contributed by atoms with Gasteiger partial charge in [-0.3, -0.25) is 0 Å². The quantitative estimate of drug-likeness (QED) is 0.562. The van der Waals surface area contributed by atoms with E-state index in [4.69, 9.17) is 4.84 Å². The second-order valence-electron chi connectivity index (χ2n) is 3.83. The topological polar surface area (TPSA) is 18.0 Å². The van der Waals surface area contributed by atoms with Crippen molar-refractivity contribution in [2.75, 3.05) is 7.11 Å². The van der Waals surface area contributed by atoms with E-state index in [9.17, 15) is 0 Å². The minimum Gasteiger partial charge on any atom is -0.339 e. The van der Waals surface area contributed by atoms with Crippen LogP contribution in [0.5, 0.6) is 0 Å². The smallest absolute Gasteiger partial charge is 0.329 e. The van der Waals surface area contributed by atoms with Gasteiger partial charge in [-0.1, -0.05) is 12.1 Å². The van der Waals surface area contributed by atoms with E-state index in [-0.39, 0.29) is 0 Å². The van der Waals surface area contributed by atoms with Gasteiger partial charge in [0.1, 0.15) is 18.8 Å². The summed E-state index contributed by atoms with van der Waals surface area (Å²) in [5.41, 5.74) is 2.29. The van der Waals surface area contributed by atoms with Crippen LogP contribution in [0.15, 0.2) is 42.6 Å². The zero-order valence-corrected chi connectivity index (χ0v) is 9.34. The lowest BCUT2D eigenvalue weighted by molar-refractivity contribution is -0.867. The molecule has 0 bridgehead atoms. The molecule has 0 aliphatic heterocycles. The molecule has 0 amide bonds. The Hall–Kier alpha value is -2.03. The minimum atomic E-state index is 1.08. The zero-order valence-electron chi connectivity index (χ0n) is 9.34. The highest BCUT2D eigenvalue weighted by Crippen LogP contribution is 2.24. The summed E-state index contributed by atoms with van der Waals surface area (Å²) < 4.78 is 3.93. The second kappa shape index (κ2) is 3.23. The van der Waals surface area contributed by atoms with Gasteiger partial charge in [-0.25, -0.2) is 4.57 Å². The Morgan fingerprint density at radius 3 is 2.62 bits per heavy atom. The second-order valence-corrected chi connectivity index (χ2v) is 3.83. The van der Waals surface area contributed by atoms with Gasteiger partial charge in [0.2, 0.25) is 0 Å². The standard InChI is InChI=1S/C13H13N2O/c1-14-12-8-4-3-6-10(12)11-7-5-9-15(16-2)13(11)14/h3-9H,1-2H3/q+1. The molecular weight excluding hydrogens is 200 g/mol. The van der Waals surface area contributed by atoms with Crippen molar-refractivity contribution in [3.63, 3.8) is 0 Å². The van der Waals surface area contributed by atoms with Crippen LogP contribution in [0.4, 0.5) is 0 Å². The van der Waals surface area contributed by atoms with Gasteiger partial charge in [0.25, 0.3) is 0 Å². The molecule has 1 aromatic carbocycles. The molecular formula is C13H13N2O+. The van der Waals surface area contributed by atoms with E-state index in [1.165, 1.54) is 16.3 Å². The number of aryl methyl sites for hydroxylation is 1. The number of para-hydroxylation sites is 1. The highest BCUT2D eigenvalue weighted by atomic mass is 16.6. The summed E-state index contributed by atoms with van der Waals surface area (Å²) in [5, 5.41) is 2.47. The zero-order chi connectivity index (χ0) is 11.1. The number of benzene rings is 1. The molecule has 16 heavy (non-hydrogen) atoms. The van der Waals surface area contributed by atoms with E-state index < -0.39 is 0 Å². The third-order valence-electron chi connectivity index (χ3n) is 3.00. The molecule has 3 heteroatoms. The van der Waals surface area contributed by atoms with E-state index in [0.29, 0.717) is 0 Å². The van der Waals surface area contributed by atoms with Crippen molar-refractivity contribution in [1.82, 2.24) is 4.57 Å². The van der Waals surface area contributed by atoms with E-state index in [0.717, 1.165) is 5.65 Å². The average Bonchev–Trinajstić information content (AvgIpc) is 2.64. The molecule has 0 atom stereocenters. The first-order valence-corrected chi connectivity index (χ1v) is 5.25. The maximum atomic E-state index is 5.33. The van der Waals surface area contributed by atoms with Gasteiger partial charge in [0, 0.05) is 5.39 Å². The molecule has 0 aliphatic carbocycles. The van der Waals surface area contributed by atoms with E-state index in [2.05, 4.69) is 41.9 Å². The van der Waals surface area contributed by atoms with Crippen LogP contribution in [0, 0.1) is 0 Å². The van der Waals surface area contributed by atoms with Crippen LogP contribution in [0.1, 0.15) is 0 Å². The molecule has 0 fully saturated rings. The maximum Gasteiger partial charge on any atom is 0.329 e. The van der Waals surface area contributed by atoms with Crippen molar-refractivity contribution in [1.29, 1.82) is 0 Å². The molecule has 0 radical (unpaired) electrons. The van der Waals surface area contributed by atoms with Crippen LogP contribution in [-0.4, -0.2) is 11.7 Å². The minimum absolute atomic E-state index is 1.08. The highest BCUT2D eigenvalue weighted by molar-refractivity contribution is 6.05. The lowest BCUT2D eigenvalue weighted by atomic mass is 10.2. The Kier molecular flexibility index (Phi) is 1.86. The summed E-state index contributed by atoms with van der Waals surface area (Å²) in [6, 6.07) is 12.5. The predicted molar refractivity (Wildman–Crippen MR) is 63.1 cm³/mol. The van der Waals surface area contributed by atoms with Crippen LogP contribution in [-0.2, 0) is 7.05 Å². The number of hydrogen-bond donors (Lipinski definition) is 0. The summed E-state index contributed by atoms with van der Waals surface area (Å²) >= 11 is 0. The molecule has 0 spiro atoms. The van der Waals surface area contributed by atoms with Crippen molar-refractivity contribution in [3.05, 3.63) is 42.6 Å². The Bertz CT molecular complexity index is 670. The Morgan fingerprint density at radius 1 is 1.06 bits per heavy atom. The fraction of sp³-hybridized carbons (Fsp3) is 0.154. The Morgan fingerprint density at radius 2 is 1.81 bits per heavy atom. The van der Waals surface area contributed by atoms with Gasteiger partial charge >= 0.3 is 5.65 Å². The monoisotopic (exact) mass is 213 g/mol. The first kappa shape index (κ1) is 9.21. The molecule has 2 heterocycles. The molecule has 3 rings (SSSR count). The summed E-state index contributed by atoms with van der Waals surface area (Å²) in [5.74, 6) is 0. The first-order valence-electron chi connectivity index (χ1n) is 5.25. The summed E-state index contributed by atoms with van der Waals surface area (Å²) in [6.45, 7) is 0. The van der Waals surface area contributed by atoms with Crippen molar-refractivity contribution in [2.24, 2.45) is 7.05 Å². The fourth-order valence-corrected chi connectivity index (χ4v) is 2.28. The van der Waals surface area contributed by atoms with Gasteiger partial charge in [0.15, 0.2) is 0 Å². The molecule has 0 saturated carbocycles. The summed E-state index contributed by atoms with van der Waals surface area (Å²) in [4.78, 5) is 5.33. The molecule has 3 nitrogen and oxygen atoms in total. The van der Waals surface area contributed by atoms with Crippen LogP contribution >= 0.6 is 0 Å². The number of pyridine rings is 1. The SMILES string of the molecule is CO[n+]1cccc2c3ccccc3n(C)c21. The third-order valence-corrected chi connectivity index (χ3v) is 3.00. The van der Waals surface area contributed by atoms with Gasteiger partial charge < -0.3 is 4.84 Å². The Labute approximate surface area is 93.4 Å².